The fraction of sp³-hybridized carbons (Fsp3) is 0.368. The first-order valence-electron chi connectivity index (χ1n) is 8.11. The second-order valence-corrected chi connectivity index (χ2v) is 6.10. The summed E-state index contributed by atoms with van der Waals surface area (Å²) in [5.41, 5.74) is 10.3. The van der Waals surface area contributed by atoms with Crippen LogP contribution in [0.4, 0.5) is 11.4 Å². The zero-order valence-electron chi connectivity index (χ0n) is 13.1. The molecule has 1 unspecified atom stereocenters. The maximum absolute atomic E-state index is 10.0. The van der Waals surface area contributed by atoms with Gasteiger partial charge in [-0.1, -0.05) is 19.1 Å². The van der Waals surface area contributed by atoms with Crippen molar-refractivity contribution in [2.45, 2.75) is 38.6 Å². The van der Waals surface area contributed by atoms with Gasteiger partial charge in [0.2, 0.25) is 0 Å². The summed E-state index contributed by atoms with van der Waals surface area (Å²) in [5.74, 6) is 0.450. The number of nitrogens with zero attached hydrogens (tertiary/aromatic N) is 1. The van der Waals surface area contributed by atoms with Crippen LogP contribution in [-0.2, 0) is 12.8 Å². The van der Waals surface area contributed by atoms with Crippen molar-refractivity contribution >= 4 is 11.4 Å². The lowest BCUT2D eigenvalue weighted by Gasteiger charge is -2.37. The molecule has 0 amide bonds. The Morgan fingerprint density at radius 1 is 1.18 bits per heavy atom. The normalized spacial score (nSPS) is 17.0. The quantitative estimate of drug-likeness (QED) is 0.845. The predicted molar refractivity (Wildman–Crippen MR) is 92.4 cm³/mol. The molecule has 1 aliphatic rings. The first-order chi connectivity index (χ1) is 10.7. The zero-order chi connectivity index (χ0) is 15.5. The summed E-state index contributed by atoms with van der Waals surface area (Å²) in [5, 5.41) is 10.0. The van der Waals surface area contributed by atoms with Gasteiger partial charge in [0.25, 0.3) is 0 Å². The fourth-order valence-electron chi connectivity index (χ4n) is 3.46. The maximum atomic E-state index is 10.0. The summed E-state index contributed by atoms with van der Waals surface area (Å²) in [4.78, 5) is 2.49. The van der Waals surface area contributed by atoms with Crippen LogP contribution in [0.25, 0.3) is 0 Å². The van der Waals surface area contributed by atoms with Gasteiger partial charge in [0.05, 0.1) is 0 Å². The Morgan fingerprint density at radius 2 is 1.95 bits per heavy atom. The Morgan fingerprint density at radius 3 is 2.68 bits per heavy atom. The first-order valence-corrected chi connectivity index (χ1v) is 8.11. The van der Waals surface area contributed by atoms with Crippen molar-refractivity contribution in [3.63, 3.8) is 0 Å². The molecule has 0 aromatic heterocycles. The molecule has 0 saturated heterocycles. The van der Waals surface area contributed by atoms with Crippen molar-refractivity contribution in [3.8, 4) is 5.75 Å². The predicted octanol–water partition coefficient (Wildman–Crippen LogP) is 3.75. The topological polar surface area (TPSA) is 49.5 Å². The number of rotatable bonds is 4. The third-order valence-corrected chi connectivity index (χ3v) is 4.56. The summed E-state index contributed by atoms with van der Waals surface area (Å²) in [6.45, 7) is 3.26. The van der Waals surface area contributed by atoms with E-state index >= 15 is 0 Å². The van der Waals surface area contributed by atoms with E-state index in [0.717, 1.165) is 43.5 Å². The van der Waals surface area contributed by atoms with Crippen molar-refractivity contribution in [2.75, 3.05) is 17.2 Å². The number of phenols is 1. The monoisotopic (exact) mass is 296 g/mol. The molecule has 116 valence electrons. The van der Waals surface area contributed by atoms with Gasteiger partial charge >= 0.3 is 0 Å². The van der Waals surface area contributed by atoms with Gasteiger partial charge in [-0.25, -0.2) is 0 Å². The maximum Gasteiger partial charge on any atom is 0.119 e. The average Bonchev–Trinajstić information content (AvgIpc) is 2.54. The van der Waals surface area contributed by atoms with Crippen molar-refractivity contribution < 1.29 is 5.11 Å². The van der Waals surface area contributed by atoms with E-state index < -0.39 is 0 Å². The van der Waals surface area contributed by atoms with Gasteiger partial charge in [0, 0.05) is 24.0 Å². The Hall–Kier alpha value is -2.16. The van der Waals surface area contributed by atoms with Crippen LogP contribution in [0, 0.1) is 0 Å². The molecule has 0 spiro atoms. The number of nitrogens with two attached hydrogens (primary N) is 1. The number of aromatic hydroxyl groups is 1. The molecule has 22 heavy (non-hydrogen) atoms. The molecule has 1 atom stereocenters. The van der Waals surface area contributed by atoms with Crippen LogP contribution in [0.15, 0.2) is 42.5 Å². The molecule has 2 aromatic rings. The van der Waals surface area contributed by atoms with Crippen molar-refractivity contribution in [1.82, 2.24) is 0 Å². The van der Waals surface area contributed by atoms with Crippen LogP contribution in [-0.4, -0.2) is 17.7 Å². The highest BCUT2D eigenvalue weighted by molar-refractivity contribution is 5.54. The zero-order valence-corrected chi connectivity index (χ0v) is 13.1. The number of fused-ring (bicyclic) bond motifs is 1. The van der Waals surface area contributed by atoms with Crippen LogP contribution >= 0.6 is 0 Å². The molecule has 3 heteroatoms. The summed E-state index contributed by atoms with van der Waals surface area (Å²) >= 11 is 0. The van der Waals surface area contributed by atoms with Crippen LogP contribution in [0.1, 0.15) is 30.9 Å². The van der Waals surface area contributed by atoms with Crippen molar-refractivity contribution in [3.05, 3.63) is 53.6 Å². The molecule has 0 aliphatic heterocycles. The SMILES string of the molecule is CCCN(c1ccc(N)cc1)C1CCc2c(O)cccc2C1. The lowest BCUT2D eigenvalue weighted by atomic mass is 9.86. The van der Waals surface area contributed by atoms with Crippen LogP contribution < -0.4 is 10.6 Å². The second kappa shape index (κ2) is 6.30. The summed E-state index contributed by atoms with van der Waals surface area (Å²) in [6.07, 6.45) is 4.14. The molecule has 1 aliphatic carbocycles. The number of benzene rings is 2. The van der Waals surface area contributed by atoms with E-state index in [4.69, 9.17) is 5.73 Å². The summed E-state index contributed by atoms with van der Waals surface area (Å²) in [7, 11) is 0. The van der Waals surface area contributed by atoms with E-state index in [1.54, 1.807) is 6.07 Å². The largest absolute Gasteiger partial charge is 0.508 e. The second-order valence-electron chi connectivity index (χ2n) is 6.10. The summed E-state index contributed by atoms with van der Waals surface area (Å²) in [6, 6.07) is 14.5. The number of anilines is 2. The van der Waals surface area contributed by atoms with Gasteiger partial charge < -0.3 is 15.7 Å². The molecular formula is C19H24N2O. The molecule has 3 nitrogen and oxygen atoms in total. The minimum absolute atomic E-state index is 0.450. The van der Waals surface area contributed by atoms with E-state index in [1.807, 2.05) is 18.2 Å². The molecule has 0 bridgehead atoms. The van der Waals surface area contributed by atoms with Crippen molar-refractivity contribution in [1.29, 1.82) is 0 Å². The Labute approximate surface area is 132 Å². The van der Waals surface area contributed by atoms with Gasteiger partial charge in [0.1, 0.15) is 5.75 Å². The van der Waals surface area contributed by atoms with E-state index in [1.165, 1.54) is 11.3 Å². The fourth-order valence-corrected chi connectivity index (χ4v) is 3.46. The van der Waals surface area contributed by atoms with Gasteiger partial charge in [-0.15, -0.1) is 0 Å². The minimum atomic E-state index is 0.450. The molecule has 2 aromatic carbocycles. The highest BCUT2D eigenvalue weighted by atomic mass is 16.3. The molecule has 0 radical (unpaired) electrons. The van der Waals surface area contributed by atoms with Gasteiger partial charge in [-0.2, -0.15) is 0 Å². The first kappa shape index (κ1) is 14.8. The standard InChI is InChI=1S/C19H24N2O/c1-2-12-21(16-8-6-15(20)7-9-16)17-10-11-18-14(13-17)4-3-5-19(18)22/h3-9,17,22H,2,10-13,20H2,1H3. The number of nitrogen functional groups attached to an aromatic ring is 1. The van der Waals surface area contributed by atoms with Gasteiger partial charge in [-0.3, -0.25) is 0 Å². The molecule has 3 rings (SSSR count). The van der Waals surface area contributed by atoms with E-state index in [2.05, 4.69) is 30.0 Å². The van der Waals surface area contributed by atoms with Crippen LogP contribution in [0.5, 0.6) is 5.75 Å². The number of phenolic OH excluding ortho intramolecular Hbond substituents is 1. The van der Waals surface area contributed by atoms with Crippen LogP contribution in [0.3, 0.4) is 0 Å². The molecular weight excluding hydrogens is 272 g/mol. The smallest absolute Gasteiger partial charge is 0.119 e. The Kier molecular flexibility index (Phi) is 4.23. The van der Waals surface area contributed by atoms with Crippen LogP contribution in [0.2, 0.25) is 0 Å². The Bertz CT molecular complexity index is 636. The number of hydrogen-bond acceptors (Lipinski definition) is 3. The lowest BCUT2D eigenvalue weighted by Crippen LogP contribution is -2.40. The minimum Gasteiger partial charge on any atom is -0.508 e. The third kappa shape index (κ3) is 2.89. The molecule has 0 heterocycles. The molecule has 3 N–H and O–H groups in total. The van der Waals surface area contributed by atoms with Crippen molar-refractivity contribution in [2.24, 2.45) is 0 Å². The van der Waals surface area contributed by atoms with E-state index in [0.29, 0.717) is 11.8 Å². The molecule has 0 fully saturated rings. The summed E-state index contributed by atoms with van der Waals surface area (Å²) < 4.78 is 0. The third-order valence-electron chi connectivity index (χ3n) is 4.56. The van der Waals surface area contributed by atoms with E-state index in [9.17, 15) is 5.11 Å². The Balaban J connectivity index is 1.86. The number of hydrogen-bond donors (Lipinski definition) is 2. The van der Waals surface area contributed by atoms with Gasteiger partial charge in [-0.05, 0) is 67.1 Å². The lowest BCUT2D eigenvalue weighted by molar-refractivity contribution is 0.451. The van der Waals surface area contributed by atoms with E-state index in [-0.39, 0.29) is 0 Å². The highest BCUT2D eigenvalue weighted by Crippen LogP contribution is 2.32. The average molecular weight is 296 g/mol. The highest BCUT2D eigenvalue weighted by Gasteiger charge is 2.25. The molecule has 0 saturated carbocycles. The van der Waals surface area contributed by atoms with Gasteiger partial charge in [0.15, 0.2) is 0 Å².